The third kappa shape index (κ3) is 5.17. The highest BCUT2D eigenvalue weighted by molar-refractivity contribution is 5.95. The second kappa shape index (κ2) is 9.73. The Morgan fingerprint density at radius 3 is 2.61 bits per heavy atom. The molecule has 1 amide bonds. The van der Waals surface area contributed by atoms with Crippen molar-refractivity contribution in [2.75, 3.05) is 0 Å². The molecule has 2 aromatic heterocycles. The van der Waals surface area contributed by atoms with Crippen molar-refractivity contribution in [2.45, 2.75) is 13.5 Å². The monoisotopic (exact) mass is 358 g/mol. The van der Waals surface area contributed by atoms with E-state index in [2.05, 4.69) is 20.5 Å². The highest BCUT2D eigenvalue weighted by Gasteiger charge is 2.09. The Morgan fingerprint density at radius 2 is 2.00 bits per heavy atom. The van der Waals surface area contributed by atoms with E-state index < -0.39 is 5.91 Å². The summed E-state index contributed by atoms with van der Waals surface area (Å²) in [6.45, 7) is 1.34. The van der Waals surface area contributed by atoms with Gasteiger partial charge >= 0.3 is 0 Å². The molecule has 0 bridgehead atoms. The molecule has 23 heavy (non-hydrogen) atoms. The molecular formula is C14H16Cl2N4O3. The number of hydrazone groups is 1. The normalized spacial score (nSPS) is 9.83. The van der Waals surface area contributed by atoms with Crippen molar-refractivity contribution in [1.82, 2.24) is 15.4 Å². The minimum atomic E-state index is -0.399. The van der Waals surface area contributed by atoms with E-state index in [1.54, 1.807) is 19.1 Å². The quantitative estimate of drug-likeness (QED) is 0.568. The average molecular weight is 359 g/mol. The molecule has 0 spiro atoms. The number of hydrogen-bond acceptors (Lipinski definition) is 6. The minimum absolute atomic E-state index is 0. The molecule has 0 saturated carbocycles. The van der Waals surface area contributed by atoms with Crippen molar-refractivity contribution in [3.63, 3.8) is 0 Å². The van der Waals surface area contributed by atoms with Gasteiger partial charge in [0.25, 0.3) is 5.91 Å². The lowest BCUT2D eigenvalue weighted by atomic mass is 10.1. The number of aromatic hydroxyl groups is 1. The average Bonchev–Trinajstić information content (AvgIpc) is 2.52. The molecule has 0 unspecified atom stereocenters. The number of aromatic nitrogens is 2. The summed E-state index contributed by atoms with van der Waals surface area (Å²) in [5.41, 5.74) is 3.90. The van der Waals surface area contributed by atoms with Crippen molar-refractivity contribution in [2.24, 2.45) is 5.10 Å². The van der Waals surface area contributed by atoms with Gasteiger partial charge in [-0.25, -0.2) is 5.43 Å². The summed E-state index contributed by atoms with van der Waals surface area (Å²) in [6, 6.07) is 3.11. The van der Waals surface area contributed by atoms with Crippen LogP contribution in [0.25, 0.3) is 0 Å². The van der Waals surface area contributed by atoms with Gasteiger partial charge in [0.2, 0.25) is 0 Å². The lowest BCUT2D eigenvalue weighted by molar-refractivity contribution is 0.0955. The smallest absolute Gasteiger partial charge is 0.271 e. The zero-order chi connectivity index (χ0) is 15.2. The number of halogens is 2. The molecule has 2 rings (SSSR count). The maximum Gasteiger partial charge on any atom is 0.271 e. The number of pyridine rings is 2. The van der Waals surface area contributed by atoms with Crippen LogP contribution in [-0.4, -0.2) is 32.3 Å². The Morgan fingerprint density at radius 1 is 1.35 bits per heavy atom. The van der Waals surface area contributed by atoms with Gasteiger partial charge in [-0.1, -0.05) is 0 Å². The molecule has 0 aliphatic heterocycles. The van der Waals surface area contributed by atoms with E-state index in [-0.39, 0.29) is 37.2 Å². The van der Waals surface area contributed by atoms with Crippen LogP contribution in [-0.2, 0) is 6.61 Å². The van der Waals surface area contributed by atoms with Crippen molar-refractivity contribution >= 4 is 36.9 Å². The summed E-state index contributed by atoms with van der Waals surface area (Å²) >= 11 is 0. The van der Waals surface area contributed by atoms with Gasteiger partial charge in [-0.2, -0.15) is 5.10 Å². The molecule has 9 heteroatoms. The first-order valence-corrected chi connectivity index (χ1v) is 6.15. The summed E-state index contributed by atoms with van der Waals surface area (Å²) in [5.74, 6) is -0.479. The SMILES string of the molecule is Cc1ncc(CO)c(C=NNC(=O)c2ccncc2)c1O.Cl.Cl. The molecule has 0 aromatic carbocycles. The maximum atomic E-state index is 11.8. The van der Waals surface area contributed by atoms with E-state index >= 15 is 0 Å². The van der Waals surface area contributed by atoms with Crippen LogP contribution in [0.4, 0.5) is 0 Å². The van der Waals surface area contributed by atoms with Crippen LogP contribution in [0.5, 0.6) is 5.75 Å². The highest BCUT2D eigenvalue weighted by Crippen LogP contribution is 2.21. The number of amides is 1. The summed E-state index contributed by atoms with van der Waals surface area (Å²) in [6.07, 6.45) is 5.72. The Kier molecular flexibility index (Phi) is 8.79. The first-order valence-electron chi connectivity index (χ1n) is 6.15. The molecule has 2 heterocycles. The number of nitrogens with one attached hydrogen (secondary N) is 1. The standard InChI is InChI=1S/C14H14N4O3.2ClH/c1-9-13(20)12(11(8-19)6-16-9)7-17-18-14(21)10-2-4-15-5-3-10;;/h2-7,19-20H,8H2,1H3,(H,18,21);2*1H. The first kappa shape index (κ1) is 20.8. The Balaban J connectivity index is 0.00000242. The van der Waals surface area contributed by atoms with Crippen molar-refractivity contribution in [3.8, 4) is 5.75 Å². The second-order valence-electron chi connectivity index (χ2n) is 4.22. The third-order valence-corrected chi connectivity index (χ3v) is 2.83. The summed E-state index contributed by atoms with van der Waals surface area (Å²) < 4.78 is 0. The molecule has 0 atom stereocenters. The van der Waals surface area contributed by atoms with Crippen molar-refractivity contribution in [1.29, 1.82) is 0 Å². The van der Waals surface area contributed by atoms with Gasteiger partial charge in [0.15, 0.2) is 0 Å². The van der Waals surface area contributed by atoms with E-state index in [0.717, 1.165) is 0 Å². The van der Waals surface area contributed by atoms with Gasteiger partial charge in [-0.3, -0.25) is 14.8 Å². The molecule has 7 nitrogen and oxygen atoms in total. The predicted molar refractivity (Wildman–Crippen MR) is 90.4 cm³/mol. The molecule has 0 aliphatic carbocycles. The van der Waals surface area contributed by atoms with Crippen LogP contribution in [0, 0.1) is 6.92 Å². The number of carbonyl (C=O) groups is 1. The fourth-order valence-corrected chi connectivity index (χ4v) is 1.65. The molecule has 0 aliphatic rings. The van der Waals surface area contributed by atoms with E-state index in [1.807, 2.05) is 0 Å². The Hall–Kier alpha value is -2.22. The molecule has 3 N–H and O–H groups in total. The van der Waals surface area contributed by atoms with E-state index in [9.17, 15) is 15.0 Å². The second-order valence-corrected chi connectivity index (χ2v) is 4.22. The molecule has 0 radical (unpaired) electrons. The summed E-state index contributed by atoms with van der Waals surface area (Å²) in [5, 5.41) is 22.9. The van der Waals surface area contributed by atoms with E-state index in [1.165, 1.54) is 24.8 Å². The van der Waals surface area contributed by atoms with Crippen LogP contribution in [0.15, 0.2) is 35.8 Å². The first-order chi connectivity index (χ1) is 10.1. The van der Waals surface area contributed by atoms with Crippen LogP contribution < -0.4 is 5.43 Å². The van der Waals surface area contributed by atoms with Gasteiger partial charge in [0, 0.05) is 35.3 Å². The zero-order valence-electron chi connectivity index (χ0n) is 12.1. The topological polar surface area (TPSA) is 108 Å². The van der Waals surface area contributed by atoms with E-state index in [4.69, 9.17) is 0 Å². The Labute approximate surface area is 145 Å². The highest BCUT2D eigenvalue weighted by atomic mass is 35.5. The van der Waals surface area contributed by atoms with Gasteiger partial charge in [0.05, 0.1) is 18.5 Å². The predicted octanol–water partition coefficient (Wildman–Crippen LogP) is 1.59. The number of nitrogens with zero attached hydrogens (tertiary/aromatic N) is 3. The van der Waals surface area contributed by atoms with Gasteiger partial charge in [-0.15, -0.1) is 24.8 Å². The fraction of sp³-hybridized carbons (Fsp3) is 0.143. The largest absolute Gasteiger partial charge is 0.505 e. The lowest BCUT2D eigenvalue weighted by Gasteiger charge is -2.07. The fourth-order valence-electron chi connectivity index (χ4n) is 1.65. The molecule has 0 saturated heterocycles. The number of aliphatic hydroxyl groups is 1. The molecule has 0 fully saturated rings. The van der Waals surface area contributed by atoms with Crippen LogP contribution in [0.2, 0.25) is 0 Å². The minimum Gasteiger partial charge on any atom is -0.505 e. The maximum absolute atomic E-state index is 11.8. The molecule has 2 aromatic rings. The number of rotatable bonds is 4. The number of carbonyl (C=O) groups excluding carboxylic acids is 1. The summed E-state index contributed by atoms with van der Waals surface area (Å²) in [4.78, 5) is 19.5. The van der Waals surface area contributed by atoms with Crippen LogP contribution >= 0.6 is 24.8 Å². The van der Waals surface area contributed by atoms with Gasteiger partial charge in [-0.05, 0) is 19.1 Å². The third-order valence-electron chi connectivity index (χ3n) is 2.83. The number of hydrogen-bond donors (Lipinski definition) is 3. The van der Waals surface area contributed by atoms with E-state index in [0.29, 0.717) is 22.4 Å². The van der Waals surface area contributed by atoms with Crippen LogP contribution in [0.3, 0.4) is 0 Å². The Bertz CT molecular complexity index is 681. The van der Waals surface area contributed by atoms with Crippen molar-refractivity contribution < 1.29 is 15.0 Å². The summed E-state index contributed by atoms with van der Waals surface area (Å²) in [7, 11) is 0. The molecule has 124 valence electrons. The number of aryl methyl sites for hydroxylation is 1. The zero-order valence-corrected chi connectivity index (χ0v) is 13.8. The number of aliphatic hydroxyl groups excluding tert-OH is 1. The lowest BCUT2D eigenvalue weighted by Crippen LogP contribution is -2.17. The van der Waals surface area contributed by atoms with Crippen LogP contribution in [0.1, 0.15) is 27.2 Å². The van der Waals surface area contributed by atoms with Crippen molar-refractivity contribution in [3.05, 3.63) is 53.1 Å². The molecular weight excluding hydrogens is 343 g/mol. The van der Waals surface area contributed by atoms with Gasteiger partial charge < -0.3 is 10.2 Å². The van der Waals surface area contributed by atoms with Gasteiger partial charge in [0.1, 0.15) is 5.75 Å².